The molecule has 1 fully saturated rings. The van der Waals surface area contributed by atoms with Crippen LogP contribution >= 0.6 is 0 Å². The summed E-state index contributed by atoms with van der Waals surface area (Å²) in [6.45, 7) is 5.70. The van der Waals surface area contributed by atoms with Crippen LogP contribution in [0.4, 0.5) is 0 Å². The molecule has 0 aliphatic carbocycles. The summed E-state index contributed by atoms with van der Waals surface area (Å²) >= 11 is 0. The van der Waals surface area contributed by atoms with E-state index >= 15 is 0 Å². The number of rotatable bonds is 4. The van der Waals surface area contributed by atoms with Crippen molar-refractivity contribution >= 4 is 16.9 Å². The van der Waals surface area contributed by atoms with E-state index in [-0.39, 0.29) is 11.8 Å². The van der Waals surface area contributed by atoms with Crippen molar-refractivity contribution in [3.8, 4) is 0 Å². The molecule has 1 unspecified atom stereocenters. The Morgan fingerprint density at radius 3 is 3.04 bits per heavy atom. The number of carbonyl (C=O) groups excluding carboxylic acids is 1. The van der Waals surface area contributed by atoms with E-state index in [0.29, 0.717) is 37.8 Å². The van der Waals surface area contributed by atoms with Gasteiger partial charge < -0.3 is 9.42 Å². The van der Waals surface area contributed by atoms with Gasteiger partial charge in [0.25, 0.3) is 0 Å². The summed E-state index contributed by atoms with van der Waals surface area (Å²) in [5, 5.41) is 9.37. The molecule has 0 saturated carbocycles. The van der Waals surface area contributed by atoms with E-state index in [0.717, 1.165) is 16.6 Å². The first-order valence-electron chi connectivity index (χ1n) is 8.02. The fourth-order valence-corrected chi connectivity index (χ4v) is 3.07. The number of fused-ring (bicyclic) bond motifs is 1. The fraction of sp³-hybridized carbons (Fsp3) is 0.438. The quantitative estimate of drug-likeness (QED) is 0.722. The number of hydrogen-bond acceptors (Lipinski definition) is 6. The number of aromatic nitrogens is 5. The van der Waals surface area contributed by atoms with Gasteiger partial charge in [0, 0.05) is 37.0 Å². The van der Waals surface area contributed by atoms with Gasteiger partial charge in [-0.1, -0.05) is 5.16 Å². The number of likely N-dealkylation sites (N-methyl/N-ethyl adjacent to an activating group) is 1. The molecule has 4 rings (SSSR count). The zero-order valence-corrected chi connectivity index (χ0v) is 13.6. The molecule has 3 aromatic rings. The molecule has 1 aliphatic heterocycles. The zero-order chi connectivity index (χ0) is 16.7. The third-order valence-electron chi connectivity index (χ3n) is 4.34. The van der Waals surface area contributed by atoms with Gasteiger partial charge in [-0.2, -0.15) is 10.1 Å². The summed E-state index contributed by atoms with van der Waals surface area (Å²) in [4.78, 5) is 22.5. The maximum Gasteiger partial charge on any atom is 0.248 e. The smallest absolute Gasteiger partial charge is 0.248 e. The Bertz CT molecular complexity index is 899. The lowest BCUT2D eigenvalue weighted by molar-refractivity contribution is -0.127. The van der Waals surface area contributed by atoms with Crippen molar-refractivity contribution in [2.75, 3.05) is 13.1 Å². The molecule has 8 nitrogen and oxygen atoms in total. The first-order valence-corrected chi connectivity index (χ1v) is 8.02. The molecule has 0 bridgehead atoms. The number of aryl methyl sites for hydroxylation is 1. The first-order chi connectivity index (χ1) is 11.6. The topological polar surface area (TPSA) is 89.9 Å². The lowest BCUT2D eigenvalue weighted by atomic mass is 10.1. The summed E-state index contributed by atoms with van der Waals surface area (Å²) in [6, 6.07) is 2.04. The minimum atomic E-state index is 0.00471. The molecule has 4 heterocycles. The van der Waals surface area contributed by atoms with Gasteiger partial charge in [0.05, 0.1) is 6.20 Å². The predicted molar refractivity (Wildman–Crippen MR) is 85.3 cm³/mol. The number of carbonyl (C=O) groups is 1. The molecular formula is C16H18N6O2. The normalized spacial score (nSPS) is 18.0. The van der Waals surface area contributed by atoms with Crippen LogP contribution in [0, 0.1) is 6.92 Å². The van der Waals surface area contributed by atoms with Crippen molar-refractivity contribution in [1.82, 2.24) is 29.8 Å². The van der Waals surface area contributed by atoms with Crippen LogP contribution in [0.5, 0.6) is 0 Å². The molecular weight excluding hydrogens is 308 g/mol. The first kappa shape index (κ1) is 14.8. The van der Waals surface area contributed by atoms with Crippen LogP contribution in [0.3, 0.4) is 0 Å². The van der Waals surface area contributed by atoms with Crippen LogP contribution < -0.4 is 0 Å². The maximum atomic E-state index is 11.8. The van der Waals surface area contributed by atoms with Crippen LogP contribution in [0.1, 0.15) is 36.5 Å². The number of amides is 1. The van der Waals surface area contributed by atoms with Crippen molar-refractivity contribution in [2.45, 2.75) is 32.7 Å². The SMILES string of the molecule is CCN1CC(c2noc(Cn3ncc4cc(C)cnc43)n2)CC1=O. The standard InChI is InChI=1S/C16H18N6O2/c1-3-21-8-12(5-14(21)23)15-19-13(24-20-15)9-22-16-11(7-18-22)4-10(2)6-17-16/h4,6-7,12H,3,5,8-9H2,1-2H3. The number of nitrogens with zero attached hydrogens (tertiary/aromatic N) is 6. The second-order valence-electron chi connectivity index (χ2n) is 6.11. The second kappa shape index (κ2) is 5.70. The molecule has 3 aromatic heterocycles. The molecule has 1 saturated heterocycles. The van der Waals surface area contributed by atoms with Crippen LogP contribution in [0.25, 0.3) is 11.0 Å². The minimum Gasteiger partial charge on any atom is -0.342 e. The Hall–Kier alpha value is -2.77. The highest BCUT2D eigenvalue weighted by molar-refractivity contribution is 5.79. The molecule has 1 atom stereocenters. The van der Waals surface area contributed by atoms with E-state index in [1.807, 2.05) is 31.0 Å². The summed E-state index contributed by atoms with van der Waals surface area (Å²) in [5.74, 6) is 1.21. The van der Waals surface area contributed by atoms with E-state index in [9.17, 15) is 4.79 Å². The van der Waals surface area contributed by atoms with Crippen LogP contribution in [0.2, 0.25) is 0 Å². The van der Waals surface area contributed by atoms with E-state index in [1.54, 1.807) is 10.9 Å². The molecule has 124 valence electrons. The Morgan fingerprint density at radius 2 is 2.25 bits per heavy atom. The summed E-state index contributed by atoms with van der Waals surface area (Å²) in [6.07, 6.45) is 4.03. The summed E-state index contributed by atoms with van der Waals surface area (Å²) < 4.78 is 7.09. The van der Waals surface area contributed by atoms with Crippen LogP contribution in [-0.4, -0.2) is 48.8 Å². The minimum absolute atomic E-state index is 0.00471. The van der Waals surface area contributed by atoms with E-state index < -0.39 is 0 Å². The van der Waals surface area contributed by atoms with Gasteiger partial charge in [-0.15, -0.1) is 0 Å². The highest BCUT2D eigenvalue weighted by Crippen LogP contribution is 2.26. The average molecular weight is 326 g/mol. The Morgan fingerprint density at radius 1 is 1.38 bits per heavy atom. The molecule has 0 aromatic carbocycles. The highest BCUT2D eigenvalue weighted by atomic mass is 16.5. The molecule has 8 heteroatoms. The second-order valence-corrected chi connectivity index (χ2v) is 6.11. The molecule has 24 heavy (non-hydrogen) atoms. The largest absolute Gasteiger partial charge is 0.342 e. The number of hydrogen-bond donors (Lipinski definition) is 0. The van der Waals surface area contributed by atoms with Crippen LogP contribution in [0.15, 0.2) is 23.0 Å². The highest BCUT2D eigenvalue weighted by Gasteiger charge is 2.32. The lowest BCUT2D eigenvalue weighted by Crippen LogP contribution is -2.24. The molecule has 1 amide bonds. The average Bonchev–Trinajstić information content (AvgIpc) is 3.26. The molecule has 1 aliphatic rings. The van der Waals surface area contributed by atoms with Crippen molar-refractivity contribution in [3.63, 3.8) is 0 Å². The van der Waals surface area contributed by atoms with Gasteiger partial charge in [-0.25, -0.2) is 9.67 Å². The molecule has 0 N–H and O–H groups in total. The zero-order valence-electron chi connectivity index (χ0n) is 13.6. The van der Waals surface area contributed by atoms with Gasteiger partial charge in [-0.05, 0) is 25.5 Å². The Kier molecular flexibility index (Phi) is 3.51. The number of likely N-dealkylation sites (tertiary alicyclic amines) is 1. The summed E-state index contributed by atoms with van der Waals surface area (Å²) in [7, 11) is 0. The molecule has 0 spiro atoms. The van der Waals surface area contributed by atoms with E-state index in [4.69, 9.17) is 4.52 Å². The van der Waals surface area contributed by atoms with Gasteiger partial charge in [0.15, 0.2) is 11.5 Å². The van der Waals surface area contributed by atoms with Crippen molar-refractivity contribution in [1.29, 1.82) is 0 Å². The molecule has 0 radical (unpaired) electrons. The third kappa shape index (κ3) is 2.53. The van der Waals surface area contributed by atoms with Crippen molar-refractivity contribution < 1.29 is 9.32 Å². The van der Waals surface area contributed by atoms with Crippen molar-refractivity contribution in [3.05, 3.63) is 35.7 Å². The van der Waals surface area contributed by atoms with Crippen molar-refractivity contribution in [2.24, 2.45) is 0 Å². The summed E-state index contributed by atoms with van der Waals surface area (Å²) in [5.41, 5.74) is 1.88. The maximum absolute atomic E-state index is 11.8. The van der Waals surface area contributed by atoms with E-state index in [2.05, 4.69) is 20.2 Å². The number of pyridine rings is 1. The lowest BCUT2D eigenvalue weighted by Gasteiger charge is -2.11. The monoisotopic (exact) mass is 326 g/mol. The predicted octanol–water partition coefficient (Wildman–Crippen LogP) is 1.51. The van der Waals surface area contributed by atoms with E-state index in [1.165, 1.54) is 0 Å². The Labute approximate surface area is 138 Å². The third-order valence-corrected chi connectivity index (χ3v) is 4.34. The van der Waals surface area contributed by atoms with Gasteiger partial charge in [0.2, 0.25) is 11.8 Å². The van der Waals surface area contributed by atoms with Gasteiger partial charge in [-0.3, -0.25) is 4.79 Å². The Balaban J connectivity index is 1.54. The fourth-order valence-electron chi connectivity index (χ4n) is 3.07. The van der Waals surface area contributed by atoms with Gasteiger partial charge in [0.1, 0.15) is 6.54 Å². The van der Waals surface area contributed by atoms with Gasteiger partial charge >= 0.3 is 0 Å². The van der Waals surface area contributed by atoms with Crippen LogP contribution in [-0.2, 0) is 11.3 Å².